The van der Waals surface area contributed by atoms with Crippen LogP contribution in [0.25, 0.3) is 0 Å². The van der Waals surface area contributed by atoms with Crippen molar-refractivity contribution in [2.75, 3.05) is 0 Å². The van der Waals surface area contributed by atoms with E-state index in [4.69, 9.17) is 4.74 Å². The molecule has 0 aliphatic rings. The van der Waals surface area contributed by atoms with Crippen LogP contribution in [-0.4, -0.2) is 6.04 Å². The molecule has 0 saturated carbocycles. The van der Waals surface area contributed by atoms with Gasteiger partial charge in [-0.2, -0.15) is 0 Å². The highest BCUT2D eigenvalue weighted by atomic mass is 19.1. The minimum absolute atomic E-state index is 0.306. The fourth-order valence-electron chi connectivity index (χ4n) is 1.96. The summed E-state index contributed by atoms with van der Waals surface area (Å²) < 4.78 is 19.1. The van der Waals surface area contributed by atoms with E-state index >= 15 is 0 Å². The Hall–Kier alpha value is -1.87. The van der Waals surface area contributed by atoms with Crippen LogP contribution in [0.5, 0.6) is 5.75 Å². The van der Waals surface area contributed by atoms with Crippen molar-refractivity contribution >= 4 is 0 Å². The Labute approximate surface area is 126 Å². The van der Waals surface area contributed by atoms with Gasteiger partial charge < -0.3 is 10.1 Å². The van der Waals surface area contributed by atoms with E-state index in [9.17, 15) is 4.39 Å². The number of hydrogen-bond donors (Lipinski definition) is 1. The van der Waals surface area contributed by atoms with Gasteiger partial charge in [0.25, 0.3) is 0 Å². The van der Waals surface area contributed by atoms with E-state index in [0.717, 1.165) is 17.7 Å². The summed E-state index contributed by atoms with van der Waals surface area (Å²) in [6.45, 7) is 7.39. The molecule has 0 atom stereocenters. The number of nitrogens with one attached hydrogen (secondary N) is 1. The lowest BCUT2D eigenvalue weighted by Crippen LogP contribution is -2.21. The minimum atomic E-state index is -0.321. The highest BCUT2D eigenvalue weighted by molar-refractivity contribution is 5.30. The molecule has 2 aromatic carbocycles. The Balaban J connectivity index is 1.93. The molecule has 112 valence electrons. The fourth-order valence-corrected chi connectivity index (χ4v) is 1.96. The molecule has 0 radical (unpaired) electrons. The second kappa shape index (κ2) is 7.23. The van der Waals surface area contributed by atoms with Crippen LogP contribution >= 0.6 is 0 Å². The second-order valence-corrected chi connectivity index (χ2v) is 5.57. The zero-order chi connectivity index (χ0) is 15.2. The van der Waals surface area contributed by atoms with Gasteiger partial charge in [0.1, 0.15) is 6.61 Å². The van der Waals surface area contributed by atoms with Crippen molar-refractivity contribution in [3.63, 3.8) is 0 Å². The zero-order valence-electron chi connectivity index (χ0n) is 12.8. The molecule has 0 spiro atoms. The first-order chi connectivity index (χ1) is 10.0. The summed E-state index contributed by atoms with van der Waals surface area (Å²) in [5.74, 6) is -0.0149. The van der Waals surface area contributed by atoms with Gasteiger partial charge in [0.2, 0.25) is 0 Å². The molecule has 0 heterocycles. The average molecular weight is 287 g/mol. The SMILES string of the molecule is Cc1ccc(F)c(OCc2ccc(CNC(C)C)cc2)c1. The largest absolute Gasteiger partial charge is 0.486 e. The summed E-state index contributed by atoms with van der Waals surface area (Å²) in [6.07, 6.45) is 0. The molecule has 0 saturated heterocycles. The lowest BCUT2D eigenvalue weighted by Gasteiger charge is -2.10. The molecule has 2 aromatic rings. The first-order valence-corrected chi connectivity index (χ1v) is 7.25. The van der Waals surface area contributed by atoms with Crippen molar-refractivity contribution < 1.29 is 9.13 Å². The molecule has 21 heavy (non-hydrogen) atoms. The molecule has 2 nitrogen and oxygen atoms in total. The summed E-state index contributed by atoms with van der Waals surface area (Å²) in [4.78, 5) is 0. The van der Waals surface area contributed by atoms with Gasteiger partial charge in [0.05, 0.1) is 0 Å². The predicted molar refractivity (Wildman–Crippen MR) is 83.9 cm³/mol. The van der Waals surface area contributed by atoms with Gasteiger partial charge in [-0.1, -0.05) is 44.2 Å². The Morgan fingerprint density at radius 1 is 1.05 bits per heavy atom. The lowest BCUT2D eigenvalue weighted by atomic mass is 10.1. The molecule has 0 amide bonds. The molecular formula is C18H22FNO. The number of halogens is 1. The quantitative estimate of drug-likeness (QED) is 0.859. The topological polar surface area (TPSA) is 21.3 Å². The van der Waals surface area contributed by atoms with Crippen LogP contribution in [0.2, 0.25) is 0 Å². The van der Waals surface area contributed by atoms with E-state index in [0.29, 0.717) is 18.4 Å². The van der Waals surface area contributed by atoms with Crippen molar-refractivity contribution in [1.82, 2.24) is 5.32 Å². The summed E-state index contributed by atoms with van der Waals surface area (Å²) in [7, 11) is 0. The number of benzene rings is 2. The van der Waals surface area contributed by atoms with E-state index in [2.05, 4.69) is 31.3 Å². The molecule has 0 unspecified atom stereocenters. The van der Waals surface area contributed by atoms with Crippen LogP contribution in [-0.2, 0) is 13.2 Å². The third-order valence-corrected chi connectivity index (χ3v) is 3.22. The first-order valence-electron chi connectivity index (χ1n) is 7.25. The van der Waals surface area contributed by atoms with Crippen LogP contribution in [0.3, 0.4) is 0 Å². The van der Waals surface area contributed by atoms with Crippen molar-refractivity contribution in [2.45, 2.75) is 40.0 Å². The molecule has 0 bridgehead atoms. The maximum absolute atomic E-state index is 13.6. The Kier molecular flexibility index (Phi) is 5.34. The highest BCUT2D eigenvalue weighted by Crippen LogP contribution is 2.19. The number of ether oxygens (including phenoxy) is 1. The molecular weight excluding hydrogens is 265 g/mol. The third kappa shape index (κ3) is 4.87. The zero-order valence-corrected chi connectivity index (χ0v) is 12.8. The van der Waals surface area contributed by atoms with Crippen LogP contribution in [0.1, 0.15) is 30.5 Å². The summed E-state index contributed by atoms with van der Waals surface area (Å²) in [5, 5.41) is 3.37. The van der Waals surface area contributed by atoms with Crippen LogP contribution in [0, 0.1) is 12.7 Å². The van der Waals surface area contributed by atoms with E-state index in [-0.39, 0.29) is 5.82 Å². The van der Waals surface area contributed by atoms with Gasteiger partial charge in [-0.25, -0.2) is 4.39 Å². The lowest BCUT2D eigenvalue weighted by molar-refractivity contribution is 0.290. The third-order valence-electron chi connectivity index (χ3n) is 3.22. The van der Waals surface area contributed by atoms with Gasteiger partial charge in [0, 0.05) is 12.6 Å². The smallest absolute Gasteiger partial charge is 0.165 e. The van der Waals surface area contributed by atoms with Crippen LogP contribution in [0.4, 0.5) is 4.39 Å². The maximum atomic E-state index is 13.6. The average Bonchev–Trinajstić information content (AvgIpc) is 2.47. The molecule has 3 heteroatoms. The van der Waals surface area contributed by atoms with Gasteiger partial charge in [-0.05, 0) is 35.7 Å². The molecule has 0 aromatic heterocycles. The first kappa shape index (κ1) is 15.5. The fraction of sp³-hybridized carbons (Fsp3) is 0.333. The van der Waals surface area contributed by atoms with Gasteiger partial charge in [-0.15, -0.1) is 0 Å². The van der Waals surface area contributed by atoms with Crippen LogP contribution < -0.4 is 10.1 Å². The maximum Gasteiger partial charge on any atom is 0.165 e. The number of hydrogen-bond acceptors (Lipinski definition) is 2. The molecule has 2 rings (SSSR count). The summed E-state index contributed by atoms with van der Waals surface area (Å²) in [5.41, 5.74) is 3.25. The minimum Gasteiger partial charge on any atom is -0.486 e. The van der Waals surface area contributed by atoms with E-state index in [1.54, 1.807) is 12.1 Å². The molecule has 0 aliphatic heterocycles. The standard InChI is InChI=1S/C18H22FNO/c1-13(2)20-11-15-5-7-16(8-6-15)12-21-18-10-14(3)4-9-17(18)19/h4-10,13,20H,11-12H2,1-3H3. The Morgan fingerprint density at radius 3 is 2.38 bits per heavy atom. The van der Waals surface area contributed by atoms with E-state index in [1.807, 2.05) is 19.1 Å². The highest BCUT2D eigenvalue weighted by Gasteiger charge is 2.04. The van der Waals surface area contributed by atoms with E-state index < -0.39 is 0 Å². The van der Waals surface area contributed by atoms with Crippen molar-refractivity contribution in [1.29, 1.82) is 0 Å². The van der Waals surface area contributed by atoms with E-state index in [1.165, 1.54) is 11.6 Å². The summed E-state index contributed by atoms with van der Waals surface area (Å²) >= 11 is 0. The predicted octanol–water partition coefficient (Wildman–Crippen LogP) is 4.21. The molecule has 1 N–H and O–H groups in total. The van der Waals surface area contributed by atoms with Crippen molar-refractivity contribution in [3.8, 4) is 5.75 Å². The second-order valence-electron chi connectivity index (χ2n) is 5.57. The molecule has 0 fully saturated rings. The monoisotopic (exact) mass is 287 g/mol. The number of rotatable bonds is 6. The van der Waals surface area contributed by atoms with Gasteiger partial charge >= 0.3 is 0 Å². The number of aryl methyl sites for hydroxylation is 1. The van der Waals surface area contributed by atoms with Gasteiger partial charge in [-0.3, -0.25) is 0 Å². The van der Waals surface area contributed by atoms with Crippen molar-refractivity contribution in [2.24, 2.45) is 0 Å². The van der Waals surface area contributed by atoms with Gasteiger partial charge in [0.15, 0.2) is 11.6 Å². The molecule has 0 aliphatic carbocycles. The summed E-state index contributed by atoms with van der Waals surface area (Å²) in [6, 6.07) is 13.5. The normalized spacial score (nSPS) is 10.9. The van der Waals surface area contributed by atoms with Crippen molar-refractivity contribution in [3.05, 3.63) is 65.0 Å². The Bertz CT molecular complexity index is 578. The Morgan fingerprint density at radius 2 is 1.71 bits per heavy atom. The van der Waals surface area contributed by atoms with Crippen LogP contribution in [0.15, 0.2) is 42.5 Å².